The van der Waals surface area contributed by atoms with Crippen molar-refractivity contribution in [2.45, 2.75) is 64.0 Å². The zero-order valence-corrected chi connectivity index (χ0v) is 12.8. The molecule has 1 amide bonds. The molecular formula is C14H22N6O2. The minimum Gasteiger partial charge on any atom is -0.392 e. The van der Waals surface area contributed by atoms with E-state index in [1.165, 1.54) is 19.3 Å². The highest BCUT2D eigenvalue weighted by molar-refractivity contribution is 5.84. The van der Waals surface area contributed by atoms with Gasteiger partial charge in [-0.05, 0) is 25.7 Å². The molecule has 1 aliphatic heterocycles. The number of H-pyrrole nitrogens is 1. The molecule has 8 nitrogen and oxygen atoms in total. The molecule has 2 N–H and O–H groups in total. The van der Waals surface area contributed by atoms with E-state index < -0.39 is 0 Å². The van der Waals surface area contributed by atoms with Crippen LogP contribution in [0, 0.1) is 5.92 Å². The third-order valence-electron chi connectivity index (χ3n) is 4.37. The van der Waals surface area contributed by atoms with Gasteiger partial charge in [0.15, 0.2) is 5.82 Å². The normalized spacial score (nSPS) is 23.7. The lowest BCUT2D eigenvalue weighted by molar-refractivity contribution is -0.124. The fourth-order valence-corrected chi connectivity index (χ4v) is 3.28. The van der Waals surface area contributed by atoms with Crippen molar-refractivity contribution in [2.75, 3.05) is 0 Å². The molecule has 0 saturated heterocycles. The van der Waals surface area contributed by atoms with E-state index in [-0.39, 0.29) is 18.1 Å². The van der Waals surface area contributed by atoms with E-state index in [1.807, 2.05) is 6.92 Å². The first kappa shape index (κ1) is 14.9. The van der Waals surface area contributed by atoms with Gasteiger partial charge in [0.05, 0.1) is 18.2 Å². The first-order valence-electron chi connectivity index (χ1n) is 7.94. The Morgan fingerprint density at radius 3 is 2.86 bits per heavy atom. The molecule has 2 heterocycles. The fourth-order valence-electron chi connectivity index (χ4n) is 3.28. The molecule has 1 aromatic rings. The van der Waals surface area contributed by atoms with Crippen LogP contribution in [0.3, 0.4) is 0 Å². The number of tetrazole rings is 1. The maximum atomic E-state index is 12.3. The third kappa shape index (κ3) is 3.61. The van der Waals surface area contributed by atoms with Crippen molar-refractivity contribution in [3.05, 3.63) is 5.82 Å². The lowest BCUT2D eigenvalue weighted by atomic mass is 9.83. The Morgan fingerprint density at radius 2 is 2.23 bits per heavy atom. The smallest absolute Gasteiger partial charge is 0.224 e. The number of hydrogen-bond acceptors (Lipinski definition) is 6. The number of carbonyl (C=O) groups is 1. The summed E-state index contributed by atoms with van der Waals surface area (Å²) in [6.07, 6.45) is 6.67. The topological polar surface area (TPSA) is 105 Å². The highest BCUT2D eigenvalue weighted by Crippen LogP contribution is 2.33. The van der Waals surface area contributed by atoms with Crippen molar-refractivity contribution < 1.29 is 9.63 Å². The molecule has 0 radical (unpaired) electrons. The molecule has 2 unspecified atom stereocenters. The summed E-state index contributed by atoms with van der Waals surface area (Å²) in [5, 5.41) is 21.2. The van der Waals surface area contributed by atoms with E-state index >= 15 is 0 Å². The highest BCUT2D eigenvalue weighted by atomic mass is 16.6. The lowest BCUT2D eigenvalue weighted by Gasteiger charge is -2.29. The van der Waals surface area contributed by atoms with Crippen LogP contribution >= 0.6 is 0 Å². The second kappa shape index (κ2) is 6.85. The summed E-state index contributed by atoms with van der Waals surface area (Å²) in [6.45, 7) is 1.90. The molecule has 22 heavy (non-hydrogen) atoms. The minimum atomic E-state index is -0.171. The molecule has 1 saturated carbocycles. The second-order valence-electron chi connectivity index (χ2n) is 6.18. The largest absolute Gasteiger partial charge is 0.392 e. The molecule has 2 aliphatic rings. The average molecular weight is 306 g/mol. The Balaban J connectivity index is 1.61. The quantitative estimate of drug-likeness (QED) is 0.857. The van der Waals surface area contributed by atoms with Gasteiger partial charge in [0.1, 0.15) is 6.10 Å². The van der Waals surface area contributed by atoms with E-state index in [4.69, 9.17) is 4.84 Å². The molecule has 2 atom stereocenters. The zero-order valence-electron chi connectivity index (χ0n) is 12.8. The number of nitrogens with one attached hydrogen (secondary N) is 2. The molecule has 1 aromatic heterocycles. The fraction of sp³-hybridized carbons (Fsp3) is 0.786. The van der Waals surface area contributed by atoms with Crippen molar-refractivity contribution in [3.63, 3.8) is 0 Å². The maximum Gasteiger partial charge on any atom is 0.224 e. The van der Waals surface area contributed by atoms with Crippen molar-refractivity contribution in [1.29, 1.82) is 0 Å². The average Bonchev–Trinajstić information content (AvgIpc) is 3.18. The van der Waals surface area contributed by atoms with Crippen LogP contribution < -0.4 is 5.32 Å². The second-order valence-corrected chi connectivity index (χ2v) is 6.18. The van der Waals surface area contributed by atoms with Gasteiger partial charge in [-0.3, -0.25) is 4.79 Å². The van der Waals surface area contributed by atoms with Gasteiger partial charge in [-0.1, -0.05) is 29.6 Å². The molecule has 1 fully saturated rings. The molecule has 0 bridgehead atoms. The molecule has 0 spiro atoms. The summed E-state index contributed by atoms with van der Waals surface area (Å²) in [5.41, 5.74) is 0.930. The number of hydrogen-bond donors (Lipinski definition) is 2. The monoisotopic (exact) mass is 306 g/mol. The van der Waals surface area contributed by atoms with Gasteiger partial charge in [0.2, 0.25) is 5.91 Å². The van der Waals surface area contributed by atoms with Crippen molar-refractivity contribution in [2.24, 2.45) is 11.1 Å². The van der Waals surface area contributed by atoms with Crippen LogP contribution in [0.4, 0.5) is 0 Å². The van der Waals surface area contributed by atoms with E-state index in [2.05, 4.69) is 31.1 Å². The molecular weight excluding hydrogens is 284 g/mol. The van der Waals surface area contributed by atoms with Crippen LogP contribution in [0.15, 0.2) is 5.16 Å². The number of nitrogens with zero attached hydrogens (tertiary/aromatic N) is 4. The van der Waals surface area contributed by atoms with Gasteiger partial charge in [-0.25, -0.2) is 0 Å². The van der Waals surface area contributed by atoms with E-state index in [0.29, 0.717) is 24.6 Å². The molecule has 120 valence electrons. The van der Waals surface area contributed by atoms with Gasteiger partial charge in [-0.2, -0.15) is 5.21 Å². The lowest BCUT2D eigenvalue weighted by Crippen LogP contribution is -2.36. The van der Waals surface area contributed by atoms with Crippen LogP contribution in [-0.4, -0.2) is 38.3 Å². The zero-order chi connectivity index (χ0) is 15.4. The number of oxime groups is 1. The Kier molecular flexibility index (Phi) is 4.65. The summed E-state index contributed by atoms with van der Waals surface area (Å²) in [6, 6.07) is -0.171. The Hall–Kier alpha value is -1.99. The summed E-state index contributed by atoms with van der Waals surface area (Å²) in [7, 11) is 0. The Bertz CT molecular complexity index is 523. The SMILES string of the molecule is CC1=NOC(CC(=O)NC(c2nn[nH]n2)C2CCCCC2)C1. The van der Waals surface area contributed by atoms with Gasteiger partial charge in [-0.15, -0.1) is 10.2 Å². The molecule has 3 rings (SSSR count). The number of amides is 1. The van der Waals surface area contributed by atoms with Gasteiger partial charge < -0.3 is 10.2 Å². The highest BCUT2D eigenvalue weighted by Gasteiger charge is 2.31. The van der Waals surface area contributed by atoms with Gasteiger partial charge >= 0.3 is 0 Å². The number of aromatic amines is 1. The minimum absolute atomic E-state index is 0.0460. The Labute approximate surface area is 129 Å². The number of aromatic nitrogens is 4. The van der Waals surface area contributed by atoms with E-state index in [0.717, 1.165) is 18.6 Å². The van der Waals surface area contributed by atoms with Crippen LogP contribution in [0.25, 0.3) is 0 Å². The Morgan fingerprint density at radius 1 is 1.41 bits per heavy atom. The van der Waals surface area contributed by atoms with Crippen molar-refractivity contribution in [1.82, 2.24) is 25.9 Å². The molecule has 8 heteroatoms. The van der Waals surface area contributed by atoms with Gasteiger partial charge in [0, 0.05) is 6.42 Å². The summed E-state index contributed by atoms with van der Waals surface area (Å²) in [4.78, 5) is 17.6. The van der Waals surface area contributed by atoms with Crippen LogP contribution in [0.2, 0.25) is 0 Å². The molecule has 0 aromatic carbocycles. The summed E-state index contributed by atoms with van der Waals surface area (Å²) < 4.78 is 0. The van der Waals surface area contributed by atoms with Crippen LogP contribution in [-0.2, 0) is 9.63 Å². The number of rotatable bonds is 5. The predicted molar refractivity (Wildman–Crippen MR) is 78.9 cm³/mol. The first-order chi connectivity index (χ1) is 10.7. The van der Waals surface area contributed by atoms with Crippen LogP contribution in [0.1, 0.15) is 63.7 Å². The van der Waals surface area contributed by atoms with Crippen molar-refractivity contribution in [3.8, 4) is 0 Å². The first-order valence-corrected chi connectivity index (χ1v) is 7.94. The third-order valence-corrected chi connectivity index (χ3v) is 4.37. The standard InChI is InChI=1S/C14H22N6O2/c1-9-7-11(22-18-9)8-12(21)15-13(14-16-19-20-17-14)10-5-3-2-4-6-10/h10-11,13H,2-8H2,1H3,(H,15,21)(H,16,17,19,20). The maximum absolute atomic E-state index is 12.3. The predicted octanol–water partition coefficient (Wildman–Crippen LogP) is 1.49. The van der Waals surface area contributed by atoms with E-state index in [9.17, 15) is 4.79 Å². The van der Waals surface area contributed by atoms with Gasteiger partial charge in [0.25, 0.3) is 0 Å². The number of carbonyl (C=O) groups excluding carboxylic acids is 1. The van der Waals surface area contributed by atoms with E-state index in [1.54, 1.807) is 0 Å². The van der Waals surface area contributed by atoms with Crippen LogP contribution in [0.5, 0.6) is 0 Å². The summed E-state index contributed by atoms with van der Waals surface area (Å²) >= 11 is 0. The molecule has 1 aliphatic carbocycles. The summed E-state index contributed by atoms with van der Waals surface area (Å²) in [5.74, 6) is 0.896. The van der Waals surface area contributed by atoms with Crippen molar-refractivity contribution >= 4 is 11.6 Å².